The van der Waals surface area contributed by atoms with Gasteiger partial charge in [0.15, 0.2) is 5.78 Å². The molecule has 0 atom stereocenters. The Hall–Kier alpha value is -2.56. The van der Waals surface area contributed by atoms with Crippen LogP contribution in [0.5, 0.6) is 5.75 Å². The average molecular weight is 442 g/mol. The summed E-state index contributed by atoms with van der Waals surface area (Å²) in [6.45, 7) is 6.43. The zero-order chi connectivity index (χ0) is 23.5. The third-order valence-corrected chi connectivity index (χ3v) is 6.04. The van der Waals surface area contributed by atoms with Gasteiger partial charge in [-0.25, -0.2) is 0 Å². The number of rotatable bonds is 15. The molecule has 0 aliphatic heterocycles. The lowest BCUT2D eigenvalue weighted by Crippen LogP contribution is -2.16. The van der Waals surface area contributed by atoms with Gasteiger partial charge in [-0.3, -0.25) is 9.59 Å². The summed E-state index contributed by atoms with van der Waals surface area (Å²) in [5.41, 5.74) is 3.34. The molecule has 0 aliphatic carbocycles. The number of nitrogens with zero attached hydrogens (tertiary/aromatic N) is 1. The Morgan fingerprint density at radius 2 is 1.62 bits per heavy atom. The standard InChI is InChI=1S/C27H39NO4/c1-5-8-12-22(13-9-6-2)32-23-17-15-20(16-18-23)27(31)24-19-21(11-10-14-26(29)30)28(4)25(24)7-3/h15-19,22H,5-14H2,1-4H3,(H,29,30). The molecule has 1 N–H and O–H groups in total. The maximum absolute atomic E-state index is 13.2. The molecule has 1 aromatic carbocycles. The number of carbonyl (C=O) groups excluding carboxylic acids is 1. The number of aromatic nitrogens is 1. The predicted octanol–water partition coefficient (Wildman–Crippen LogP) is 6.35. The number of benzene rings is 1. The predicted molar refractivity (Wildman–Crippen MR) is 129 cm³/mol. The minimum atomic E-state index is -0.792. The number of carboxylic acid groups (broad SMARTS) is 1. The Kier molecular flexibility index (Phi) is 10.5. The zero-order valence-corrected chi connectivity index (χ0v) is 20.2. The molecule has 176 valence electrons. The number of ketones is 1. The molecule has 0 spiro atoms. The van der Waals surface area contributed by atoms with Crippen LogP contribution in [0.15, 0.2) is 30.3 Å². The lowest BCUT2D eigenvalue weighted by molar-refractivity contribution is -0.137. The SMILES string of the molecule is CCCCC(CCCC)Oc1ccc(C(=O)c2cc(CCCC(=O)O)n(C)c2CC)cc1. The van der Waals surface area contributed by atoms with E-state index in [1.54, 1.807) is 0 Å². The second kappa shape index (κ2) is 13.1. The smallest absolute Gasteiger partial charge is 0.303 e. The Morgan fingerprint density at radius 1 is 1.00 bits per heavy atom. The number of unbranched alkanes of at least 4 members (excludes halogenated alkanes) is 2. The molecular formula is C27H39NO4. The Labute approximate surface area is 192 Å². The van der Waals surface area contributed by atoms with E-state index in [9.17, 15) is 9.59 Å². The third-order valence-electron chi connectivity index (χ3n) is 6.04. The van der Waals surface area contributed by atoms with E-state index in [-0.39, 0.29) is 18.3 Å². The normalized spacial score (nSPS) is 11.2. The van der Waals surface area contributed by atoms with E-state index < -0.39 is 5.97 Å². The molecule has 32 heavy (non-hydrogen) atoms. The van der Waals surface area contributed by atoms with Crippen LogP contribution in [-0.4, -0.2) is 27.5 Å². The highest BCUT2D eigenvalue weighted by atomic mass is 16.5. The number of hydrogen-bond acceptors (Lipinski definition) is 3. The molecule has 1 aromatic heterocycles. The molecule has 2 rings (SSSR count). The van der Waals surface area contributed by atoms with Gasteiger partial charge in [0.2, 0.25) is 0 Å². The molecule has 0 saturated carbocycles. The molecule has 2 aromatic rings. The van der Waals surface area contributed by atoms with Gasteiger partial charge in [0, 0.05) is 36.0 Å². The van der Waals surface area contributed by atoms with Crippen LogP contribution in [0.3, 0.4) is 0 Å². The van der Waals surface area contributed by atoms with Crippen LogP contribution in [0.25, 0.3) is 0 Å². The summed E-state index contributed by atoms with van der Waals surface area (Å²) in [4.78, 5) is 24.1. The molecule has 0 saturated heterocycles. The van der Waals surface area contributed by atoms with Crippen molar-refractivity contribution < 1.29 is 19.4 Å². The highest BCUT2D eigenvalue weighted by Gasteiger charge is 2.19. The molecule has 0 unspecified atom stereocenters. The summed E-state index contributed by atoms with van der Waals surface area (Å²) in [7, 11) is 1.95. The number of aliphatic carboxylic acids is 1. The van der Waals surface area contributed by atoms with E-state index in [2.05, 4.69) is 13.8 Å². The summed E-state index contributed by atoms with van der Waals surface area (Å²) in [6.07, 6.45) is 9.08. The maximum atomic E-state index is 13.2. The van der Waals surface area contributed by atoms with Crippen LogP contribution >= 0.6 is 0 Å². The van der Waals surface area contributed by atoms with Crippen molar-refractivity contribution in [1.82, 2.24) is 4.57 Å². The van der Waals surface area contributed by atoms with Gasteiger partial charge in [-0.15, -0.1) is 0 Å². The van der Waals surface area contributed by atoms with Crippen molar-refractivity contribution in [3.63, 3.8) is 0 Å². The minimum absolute atomic E-state index is 0.00185. The van der Waals surface area contributed by atoms with Crippen molar-refractivity contribution in [2.75, 3.05) is 0 Å². The molecule has 5 nitrogen and oxygen atoms in total. The topological polar surface area (TPSA) is 68.5 Å². The maximum Gasteiger partial charge on any atom is 0.303 e. The van der Waals surface area contributed by atoms with Gasteiger partial charge in [-0.05, 0) is 62.4 Å². The van der Waals surface area contributed by atoms with Crippen molar-refractivity contribution in [1.29, 1.82) is 0 Å². The number of aryl methyl sites for hydroxylation is 1. The Bertz CT molecular complexity index is 859. The number of ether oxygens (including phenoxy) is 1. The van der Waals surface area contributed by atoms with Gasteiger partial charge in [0.1, 0.15) is 5.75 Å². The van der Waals surface area contributed by atoms with Crippen molar-refractivity contribution >= 4 is 11.8 Å². The van der Waals surface area contributed by atoms with Gasteiger partial charge in [-0.2, -0.15) is 0 Å². The monoisotopic (exact) mass is 441 g/mol. The molecule has 0 aliphatic rings. The fourth-order valence-electron chi connectivity index (χ4n) is 4.14. The van der Waals surface area contributed by atoms with Gasteiger partial charge in [-0.1, -0.05) is 46.5 Å². The summed E-state index contributed by atoms with van der Waals surface area (Å²) < 4.78 is 8.27. The van der Waals surface area contributed by atoms with Crippen LogP contribution in [0.1, 0.15) is 99.4 Å². The van der Waals surface area contributed by atoms with Crippen molar-refractivity contribution in [2.24, 2.45) is 7.05 Å². The first kappa shape index (κ1) is 25.7. The van der Waals surface area contributed by atoms with E-state index in [1.807, 2.05) is 48.9 Å². The largest absolute Gasteiger partial charge is 0.490 e. The number of hydrogen-bond donors (Lipinski definition) is 1. The van der Waals surface area contributed by atoms with Gasteiger partial charge in [0.05, 0.1) is 6.10 Å². The van der Waals surface area contributed by atoms with E-state index in [0.717, 1.165) is 62.1 Å². The van der Waals surface area contributed by atoms with Crippen molar-refractivity contribution in [3.05, 3.63) is 52.8 Å². The quantitative estimate of drug-likeness (QED) is 0.327. The number of carboxylic acids is 1. The fraction of sp³-hybridized carbons (Fsp3) is 0.556. The Balaban J connectivity index is 2.13. The lowest BCUT2D eigenvalue weighted by Gasteiger charge is -2.19. The molecule has 1 heterocycles. The molecule has 0 fully saturated rings. The summed E-state index contributed by atoms with van der Waals surface area (Å²) in [6, 6.07) is 9.44. The van der Waals surface area contributed by atoms with Gasteiger partial charge >= 0.3 is 5.97 Å². The number of carbonyl (C=O) groups is 2. The first-order valence-electron chi connectivity index (χ1n) is 12.1. The van der Waals surface area contributed by atoms with Crippen LogP contribution in [0.4, 0.5) is 0 Å². The van der Waals surface area contributed by atoms with Crippen LogP contribution < -0.4 is 4.74 Å². The average Bonchev–Trinajstić information content (AvgIpc) is 3.10. The van der Waals surface area contributed by atoms with E-state index in [4.69, 9.17) is 9.84 Å². The zero-order valence-electron chi connectivity index (χ0n) is 20.2. The van der Waals surface area contributed by atoms with Crippen molar-refractivity contribution in [3.8, 4) is 5.75 Å². The molecule has 0 amide bonds. The lowest BCUT2D eigenvalue weighted by atomic mass is 10.0. The van der Waals surface area contributed by atoms with Crippen LogP contribution in [0, 0.1) is 0 Å². The van der Waals surface area contributed by atoms with E-state index in [1.165, 1.54) is 0 Å². The first-order chi connectivity index (χ1) is 15.4. The van der Waals surface area contributed by atoms with Gasteiger partial charge < -0.3 is 14.4 Å². The van der Waals surface area contributed by atoms with Crippen molar-refractivity contribution in [2.45, 2.75) is 91.1 Å². The van der Waals surface area contributed by atoms with E-state index >= 15 is 0 Å². The van der Waals surface area contributed by atoms with Gasteiger partial charge in [0.25, 0.3) is 0 Å². The van der Waals surface area contributed by atoms with Crippen LogP contribution in [-0.2, 0) is 24.7 Å². The van der Waals surface area contributed by atoms with E-state index in [0.29, 0.717) is 24.0 Å². The molecular weight excluding hydrogens is 402 g/mol. The third kappa shape index (κ3) is 7.25. The molecule has 0 bridgehead atoms. The highest BCUT2D eigenvalue weighted by molar-refractivity contribution is 6.10. The van der Waals surface area contributed by atoms with Crippen LogP contribution in [0.2, 0.25) is 0 Å². The molecule has 5 heteroatoms. The Morgan fingerprint density at radius 3 is 2.16 bits per heavy atom. The second-order valence-electron chi connectivity index (χ2n) is 8.53. The highest BCUT2D eigenvalue weighted by Crippen LogP contribution is 2.24. The summed E-state index contributed by atoms with van der Waals surface area (Å²) in [5.74, 6) is 0.0269. The minimum Gasteiger partial charge on any atom is -0.490 e. The summed E-state index contributed by atoms with van der Waals surface area (Å²) >= 11 is 0. The fourth-order valence-corrected chi connectivity index (χ4v) is 4.14. The summed E-state index contributed by atoms with van der Waals surface area (Å²) in [5, 5.41) is 8.89. The molecule has 0 radical (unpaired) electrons. The first-order valence-corrected chi connectivity index (χ1v) is 12.1. The second-order valence-corrected chi connectivity index (χ2v) is 8.53.